The summed E-state index contributed by atoms with van der Waals surface area (Å²) in [6.07, 6.45) is 13.5. The van der Waals surface area contributed by atoms with Crippen molar-refractivity contribution in [1.82, 2.24) is 5.32 Å². The highest BCUT2D eigenvalue weighted by Crippen LogP contribution is 2.26. The Morgan fingerprint density at radius 3 is 2.02 bits per heavy atom. The number of unbranched alkanes of at least 4 members (excludes halogenated alkanes) is 8. The summed E-state index contributed by atoms with van der Waals surface area (Å²) < 4.78 is 5.61. The molecule has 0 radical (unpaired) electrons. The van der Waals surface area contributed by atoms with Gasteiger partial charge < -0.3 is 30.5 Å². The van der Waals surface area contributed by atoms with E-state index >= 15 is 0 Å². The number of carboxylic acid groups (broad SMARTS) is 2. The van der Waals surface area contributed by atoms with Crippen LogP contribution in [0.5, 0.6) is 5.75 Å². The van der Waals surface area contributed by atoms with Crippen LogP contribution >= 0.6 is 0 Å². The number of hydrogen-bond donors (Lipinski definition) is 5. The third kappa shape index (κ3) is 16.8. The highest BCUT2D eigenvalue weighted by Gasteiger charge is 2.48. The zero-order valence-corrected chi connectivity index (χ0v) is 28.7. The van der Waals surface area contributed by atoms with Gasteiger partial charge in [-0.1, -0.05) is 75.3 Å². The minimum absolute atomic E-state index is 0.145. The summed E-state index contributed by atoms with van der Waals surface area (Å²) in [6, 6.07) is 5.15. The third-order valence-electron chi connectivity index (χ3n) is 7.99. The molecule has 1 rings (SSSR count). The van der Waals surface area contributed by atoms with Gasteiger partial charge in [0.1, 0.15) is 30.8 Å². The molecular formula is C37H55NO10. The van der Waals surface area contributed by atoms with Gasteiger partial charge in [-0.2, -0.15) is 0 Å². The lowest BCUT2D eigenvalue weighted by Crippen LogP contribution is -2.55. The van der Waals surface area contributed by atoms with Crippen LogP contribution in [-0.2, 0) is 30.4 Å². The van der Waals surface area contributed by atoms with Crippen molar-refractivity contribution in [3.8, 4) is 5.75 Å². The lowest BCUT2D eigenvalue weighted by atomic mass is 9.81. The second kappa shape index (κ2) is 23.5. The molecule has 11 nitrogen and oxygen atoms in total. The summed E-state index contributed by atoms with van der Waals surface area (Å²) >= 11 is 0. The molecule has 5 N–H and O–H groups in total. The smallest absolute Gasteiger partial charge is 0.337 e. The van der Waals surface area contributed by atoms with E-state index in [1.165, 1.54) is 18.6 Å². The summed E-state index contributed by atoms with van der Waals surface area (Å²) in [7, 11) is 0. The van der Waals surface area contributed by atoms with Gasteiger partial charge in [-0.3, -0.25) is 14.4 Å². The number of amides is 1. The van der Waals surface area contributed by atoms with Crippen LogP contribution in [0.3, 0.4) is 0 Å². The fraction of sp³-hybridized carbons (Fsp3) is 0.595. The van der Waals surface area contributed by atoms with Crippen molar-refractivity contribution < 1.29 is 49.1 Å². The number of nitrogens with one attached hydrogen (secondary N) is 1. The Balaban J connectivity index is 2.88. The number of ether oxygens (including phenoxy) is 1. The Morgan fingerprint density at radius 1 is 0.875 bits per heavy atom. The van der Waals surface area contributed by atoms with Crippen molar-refractivity contribution in [1.29, 1.82) is 0 Å². The molecule has 0 heterocycles. The first-order valence-corrected chi connectivity index (χ1v) is 17.0. The summed E-state index contributed by atoms with van der Waals surface area (Å²) in [6.45, 7) is 5.37. The van der Waals surface area contributed by atoms with E-state index in [9.17, 15) is 44.4 Å². The Morgan fingerprint density at radius 2 is 1.48 bits per heavy atom. The van der Waals surface area contributed by atoms with E-state index < -0.39 is 54.2 Å². The summed E-state index contributed by atoms with van der Waals surface area (Å²) in [5, 5.41) is 42.4. The van der Waals surface area contributed by atoms with E-state index in [0.29, 0.717) is 43.6 Å². The van der Waals surface area contributed by atoms with Crippen LogP contribution < -0.4 is 10.1 Å². The fourth-order valence-corrected chi connectivity index (χ4v) is 5.08. The van der Waals surface area contributed by atoms with E-state index in [2.05, 4.69) is 12.2 Å². The minimum atomic E-state index is -2.93. The topological polar surface area (TPSA) is 188 Å². The average Bonchev–Trinajstić information content (AvgIpc) is 3.03. The van der Waals surface area contributed by atoms with E-state index in [1.54, 1.807) is 24.3 Å². The molecule has 0 aliphatic heterocycles. The molecule has 0 spiro atoms. The first-order chi connectivity index (χ1) is 22.8. The molecule has 0 aromatic heterocycles. The largest absolute Gasteiger partial charge is 0.490 e. The van der Waals surface area contributed by atoms with Crippen LogP contribution in [0.4, 0.5) is 0 Å². The first-order valence-electron chi connectivity index (χ1n) is 17.0. The lowest BCUT2D eigenvalue weighted by molar-refractivity contribution is -0.169. The van der Waals surface area contributed by atoms with Crippen LogP contribution in [0.15, 0.2) is 48.1 Å². The third-order valence-corrected chi connectivity index (χ3v) is 7.99. The van der Waals surface area contributed by atoms with Crippen molar-refractivity contribution >= 4 is 29.4 Å². The molecule has 3 atom stereocenters. The van der Waals surface area contributed by atoms with E-state index in [-0.39, 0.29) is 12.2 Å². The van der Waals surface area contributed by atoms with Crippen LogP contribution in [0.25, 0.3) is 0 Å². The van der Waals surface area contributed by atoms with Gasteiger partial charge in [-0.05, 0) is 63.3 Å². The van der Waals surface area contributed by atoms with Crippen LogP contribution in [0.1, 0.15) is 110 Å². The van der Waals surface area contributed by atoms with Crippen molar-refractivity contribution in [2.24, 2.45) is 5.92 Å². The molecule has 48 heavy (non-hydrogen) atoms. The SMILES string of the molecule is CCCCCCCC(=O)CCCCCC/C=C/[C@H](C(=O)N[C@@H](Cc1ccc(OCC=C(C)C)cc1)C(=O)O)[C@@](O)(CC(=O)CO)C(=O)O. The number of Topliss-reactive ketones (excluding diaryl/α,β-unsaturated/α-hetero) is 2. The highest BCUT2D eigenvalue weighted by molar-refractivity contribution is 5.96. The van der Waals surface area contributed by atoms with Crippen LogP contribution in [0, 0.1) is 5.92 Å². The molecule has 0 aliphatic rings. The van der Waals surface area contributed by atoms with Gasteiger partial charge in [-0.15, -0.1) is 0 Å². The number of rotatable bonds is 27. The van der Waals surface area contributed by atoms with E-state index in [4.69, 9.17) is 4.74 Å². The predicted octanol–water partition coefficient (Wildman–Crippen LogP) is 5.35. The molecule has 268 valence electrons. The molecule has 1 aromatic carbocycles. The number of aliphatic carboxylic acids is 2. The van der Waals surface area contributed by atoms with Crippen molar-refractivity contribution in [2.75, 3.05) is 13.2 Å². The van der Waals surface area contributed by atoms with Gasteiger partial charge in [0.25, 0.3) is 0 Å². The number of aliphatic hydroxyl groups excluding tert-OH is 1. The number of ketones is 2. The van der Waals surface area contributed by atoms with Gasteiger partial charge >= 0.3 is 11.9 Å². The zero-order valence-electron chi connectivity index (χ0n) is 28.7. The highest BCUT2D eigenvalue weighted by atomic mass is 16.5. The minimum Gasteiger partial charge on any atom is -0.490 e. The number of carboxylic acids is 2. The van der Waals surface area contributed by atoms with Crippen molar-refractivity contribution in [3.63, 3.8) is 0 Å². The normalized spacial score (nSPS) is 13.7. The Kier molecular flexibility index (Phi) is 20.6. The quantitative estimate of drug-likeness (QED) is 0.0601. The molecule has 1 amide bonds. The van der Waals surface area contributed by atoms with E-state index in [0.717, 1.165) is 50.5 Å². The molecule has 0 fully saturated rings. The first kappa shape index (κ1) is 42.2. The number of aliphatic hydroxyl groups is 2. The molecule has 0 saturated carbocycles. The average molecular weight is 674 g/mol. The Hall–Kier alpha value is -3.83. The predicted molar refractivity (Wildman–Crippen MR) is 183 cm³/mol. The molecule has 1 aromatic rings. The summed E-state index contributed by atoms with van der Waals surface area (Å²) in [5.74, 6) is -6.32. The maximum absolute atomic E-state index is 13.4. The van der Waals surface area contributed by atoms with Gasteiger partial charge in [0.05, 0.1) is 5.92 Å². The fourth-order valence-electron chi connectivity index (χ4n) is 5.08. The maximum Gasteiger partial charge on any atom is 0.337 e. The molecule has 0 aliphatic carbocycles. The molecule has 0 saturated heterocycles. The zero-order chi connectivity index (χ0) is 36.0. The number of benzene rings is 1. The van der Waals surface area contributed by atoms with Crippen molar-refractivity contribution in [3.05, 3.63) is 53.6 Å². The Labute approximate surface area is 284 Å². The van der Waals surface area contributed by atoms with Crippen LogP contribution in [-0.4, -0.2) is 74.7 Å². The number of hydrogen-bond acceptors (Lipinski definition) is 8. The van der Waals surface area contributed by atoms with Crippen molar-refractivity contribution in [2.45, 2.75) is 122 Å². The van der Waals surface area contributed by atoms with E-state index in [1.807, 2.05) is 19.9 Å². The monoisotopic (exact) mass is 673 g/mol. The summed E-state index contributed by atoms with van der Waals surface area (Å²) in [5.41, 5.74) is -1.27. The van der Waals surface area contributed by atoms with Gasteiger partial charge in [0, 0.05) is 25.7 Å². The number of carbonyl (C=O) groups excluding carboxylic acids is 3. The standard InChI is InChI=1S/C37H55NO10/c1-4-5-6-9-12-15-29(40)16-13-10-7-8-11-14-17-32(37(47,36(45)46)25-30(41)26-39)34(42)38-33(35(43)44)24-28-18-20-31(21-19-28)48-23-22-27(2)3/h14,17-22,32-33,39,47H,4-13,15-16,23-26H2,1-3H3,(H,38,42)(H,43,44)(H,45,46)/b17-14+/t32-,33+,37+/m1/s1. The second-order valence-electron chi connectivity index (χ2n) is 12.5. The molecular weight excluding hydrogens is 618 g/mol. The number of carbonyl (C=O) groups is 5. The van der Waals surface area contributed by atoms with Gasteiger partial charge in [0.15, 0.2) is 11.4 Å². The summed E-state index contributed by atoms with van der Waals surface area (Å²) in [4.78, 5) is 61.8. The second-order valence-corrected chi connectivity index (χ2v) is 12.5. The maximum atomic E-state index is 13.4. The van der Waals surface area contributed by atoms with Gasteiger partial charge in [-0.25, -0.2) is 9.59 Å². The molecule has 0 unspecified atom stereocenters. The molecule has 0 bridgehead atoms. The number of allylic oxidation sites excluding steroid dienone is 2. The van der Waals surface area contributed by atoms with Crippen LogP contribution in [0.2, 0.25) is 0 Å². The lowest BCUT2D eigenvalue weighted by Gasteiger charge is -2.30. The molecule has 11 heteroatoms. The van der Waals surface area contributed by atoms with Gasteiger partial charge in [0.2, 0.25) is 5.91 Å². The Bertz CT molecular complexity index is 1220.